The average molecular weight is 1370 g/mol. The summed E-state index contributed by atoms with van der Waals surface area (Å²) in [5.41, 5.74) is -7.35. The lowest BCUT2D eigenvalue weighted by molar-refractivity contribution is -0.386. The Morgan fingerprint density at radius 1 is 0.565 bits per heavy atom. The predicted octanol–water partition coefficient (Wildman–Crippen LogP) is 15.6. The van der Waals surface area contributed by atoms with Crippen molar-refractivity contribution in [2.24, 2.45) is 5.92 Å². The van der Waals surface area contributed by atoms with Crippen molar-refractivity contribution < 1.29 is 117 Å². The fourth-order valence-electron chi connectivity index (χ4n) is 7.78. The molecule has 92 heavy (non-hydrogen) atoms. The number of alkyl halides is 9. The molecule has 0 bridgehead atoms. The first-order valence-corrected chi connectivity index (χ1v) is 26.6. The number of esters is 2. The molecule has 0 heterocycles. The van der Waals surface area contributed by atoms with Gasteiger partial charge in [-0.15, -0.1) is 0 Å². The van der Waals surface area contributed by atoms with Gasteiger partial charge in [0.15, 0.2) is 0 Å². The summed E-state index contributed by atoms with van der Waals surface area (Å²) in [6.07, 6.45) is -15.2. The number of ether oxygens (including phenoxy) is 5. The standard InChI is InChI=1S/C22H22ClF3N2O7.C21H17ClF3NO7.C14H7ClF3NO5/c1-12(11-27(2)3)21(31)34-7-6-13-8-15(10-16(20(29)30)19(13)28(32)33)35-18-5-4-14(9-17(18)23)22(24,25)26;1-10(2)20(29)32-11(3)6-12-7-14(9-15(19(27)28)18(12)26(30)31)33-17-5-4-13(8-16(17)22)21(23,24)25;15-10-5-7(14(16,17)18)1-4-12(10)24-8-2-3-11(19(22)23)9(6-8)13(20)21/h4-5,8-10,12H,6-7,11H2,1-3H3,(H,29,30);4-5,7-9,11H,1,6H2,2-3H3,(H,27,28);1-6H,(H,20,21). The monoisotopic (exact) mass is 1370 g/mol. The van der Waals surface area contributed by atoms with Crippen LogP contribution in [0.2, 0.25) is 15.1 Å². The summed E-state index contributed by atoms with van der Waals surface area (Å²) >= 11 is 17.5. The molecule has 0 amide bonds. The molecule has 6 aromatic carbocycles. The van der Waals surface area contributed by atoms with Gasteiger partial charge in [0.2, 0.25) is 0 Å². The third-order valence-electron chi connectivity index (χ3n) is 11.8. The first-order chi connectivity index (χ1) is 42.5. The van der Waals surface area contributed by atoms with Gasteiger partial charge in [-0.1, -0.05) is 48.3 Å². The molecule has 6 rings (SSSR count). The summed E-state index contributed by atoms with van der Waals surface area (Å²) in [7, 11) is 3.55. The van der Waals surface area contributed by atoms with E-state index in [4.69, 9.17) is 63.6 Å². The molecule has 0 aromatic heterocycles. The van der Waals surface area contributed by atoms with E-state index in [9.17, 15) is 104 Å². The summed E-state index contributed by atoms with van der Waals surface area (Å²) in [6, 6.07) is 13.8. The second kappa shape index (κ2) is 31.3. The van der Waals surface area contributed by atoms with Crippen LogP contribution in [0.25, 0.3) is 0 Å². The fourth-order valence-corrected chi connectivity index (χ4v) is 8.44. The Kier molecular flexibility index (Phi) is 25.4. The number of carbonyl (C=O) groups excluding carboxylic acids is 2. The van der Waals surface area contributed by atoms with Crippen molar-refractivity contribution in [2.45, 2.75) is 58.2 Å². The molecule has 0 aliphatic carbocycles. The van der Waals surface area contributed by atoms with Gasteiger partial charge < -0.3 is 43.9 Å². The molecule has 6 aromatic rings. The molecule has 0 spiro atoms. The Morgan fingerprint density at radius 2 is 0.946 bits per heavy atom. The smallest absolute Gasteiger partial charge is 0.416 e. The van der Waals surface area contributed by atoms with E-state index >= 15 is 0 Å². The molecule has 2 atom stereocenters. The molecule has 23 nitrogen and oxygen atoms in total. The molecule has 0 aliphatic rings. The topological polar surface area (TPSA) is 325 Å². The van der Waals surface area contributed by atoms with E-state index in [1.807, 2.05) is 0 Å². The van der Waals surface area contributed by atoms with Crippen LogP contribution in [0.5, 0.6) is 34.5 Å². The number of nitro benzene ring substituents is 3. The highest BCUT2D eigenvalue weighted by molar-refractivity contribution is 6.32. The Balaban J connectivity index is 0.000000299. The molecule has 492 valence electrons. The summed E-state index contributed by atoms with van der Waals surface area (Å²) < 4.78 is 141. The summed E-state index contributed by atoms with van der Waals surface area (Å²) in [5.74, 6) is -7.74. The zero-order valence-corrected chi connectivity index (χ0v) is 49.9. The molecular formula is C57H46Cl3F9N4O19. The molecule has 0 radical (unpaired) electrons. The van der Waals surface area contributed by atoms with Crippen molar-refractivity contribution in [3.05, 3.63) is 199 Å². The number of carbonyl (C=O) groups is 5. The number of hydrogen-bond acceptors (Lipinski definition) is 17. The largest absolute Gasteiger partial charge is 0.477 e. The van der Waals surface area contributed by atoms with Crippen molar-refractivity contribution in [1.29, 1.82) is 0 Å². The van der Waals surface area contributed by atoms with E-state index in [0.29, 0.717) is 30.8 Å². The first-order valence-electron chi connectivity index (χ1n) is 25.4. The zero-order valence-electron chi connectivity index (χ0n) is 47.6. The number of aromatic carboxylic acids is 3. The van der Waals surface area contributed by atoms with Gasteiger partial charge in [-0.2, -0.15) is 39.5 Å². The molecule has 0 saturated carbocycles. The van der Waals surface area contributed by atoms with Crippen molar-refractivity contribution >= 4 is 81.7 Å². The van der Waals surface area contributed by atoms with Gasteiger partial charge in [-0.3, -0.25) is 35.1 Å². The van der Waals surface area contributed by atoms with Crippen molar-refractivity contribution in [2.75, 3.05) is 27.2 Å². The van der Waals surface area contributed by atoms with Crippen LogP contribution in [-0.4, -0.2) is 98.2 Å². The quantitative estimate of drug-likeness (QED) is 0.0187. The van der Waals surface area contributed by atoms with Gasteiger partial charge in [-0.25, -0.2) is 19.2 Å². The molecule has 2 unspecified atom stereocenters. The van der Waals surface area contributed by atoms with E-state index in [2.05, 4.69) is 6.58 Å². The highest BCUT2D eigenvalue weighted by Crippen LogP contribution is 2.42. The van der Waals surface area contributed by atoms with Crippen LogP contribution in [0.3, 0.4) is 0 Å². The van der Waals surface area contributed by atoms with Gasteiger partial charge in [0.05, 0.1) is 59.1 Å². The number of hydrogen-bond donors (Lipinski definition) is 3. The fraction of sp³-hybridized carbons (Fsp3) is 0.246. The van der Waals surface area contributed by atoms with E-state index in [0.717, 1.165) is 72.8 Å². The van der Waals surface area contributed by atoms with Crippen LogP contribution in [-0.2, 0) is 50.4 Å². The van der Waals surface area contributed by atoms with Crippen LogP contribution in [0.1, 0.15) is 79.7 Å². The van der Waals surface area contributed by atoms with E-state index < -0.39 is 136 Å². The summed E-state index contributed by atoms with van der Waals surface area (Å²) in [6.45, 7) is 8.05. The SMILES string of the molecule is C=C(C)C(=O)OC(C)Cc1cc(Oc2ccc(C(F)(F)F)cc2Cl)cc(C(=O)O)c1[N+](=O)[O-].CC(CN(C)C)C(=O)OCCc1cc(Oc2ccc(C(F)(F)F)cc2Cl)cc(C(=O)O)c1[N+](=O)[O-].O=C(O)c1cc(Oc2ccc(C(F)(F)F)cc2Cl)ccc1[N+](=O)[O-]. The van der Waals surface area contributed by atoms with E-state index in [-0.39, 0.29) is 75.7 Å². The van der Waals surface area contributed by atoms with Crippen LogP contribution < -0.4 is 14.2 Å². The van der Waals surface area contributed by atoms with Gasteiger partial charge in [0.25, 0.3) is 17.1 Å². The van der Waals surface area contributed by atoms with Crippen LogP contribution in [0.15, 0.2) is 109 Å². The lowest BCUT2D eigenvalue weighted by Gasteiger charge is -2.16. The van der Waals surface area contributed by atoms with Gasteiger partial charge in [-0.05, 0) is 101 Å². The minimum Gasteiger partial charge on any atom is -0.477 e. The maximum Gasteiger partial charge on any atom is 0.416 e. The number of carboxylic acids is 3. The number of nitro groups is 3. The Bertz CT molecular complexity index is 3850. The predicted molar refractivity (Wildman–Crippen MR) is 306 cm³/mol. The Labute approximate surface area is 527 Å². The average Bonchev–Trinajstić information content (AvgIpc) is 0.814. The number of halogens is 12. The van der Waals surface area contributed by atoms with Gasteiger partial charge in [0, 0.05) is 60.4 Å². The van der Waals surface area contributed by atoms with Crippen molar-refractivity contribution in [3.63, 3.8) is 0 Å². The van der Waals surface area contributed by atoms with Crippen molar-refractivity contribution in [3.8, 4) is 34.5 Å². The van der Waals surface area contributed by atoms with Gasteiger partial charge >= 0.3 is 48.4 Å². The molecule has 0 aliphatic heterocycles. The first kappa shape index (κ1) is 74.7. The molecular weight excluding hydrogens is 1320 g/mol. The lowest BCUT2D eigenvalue weighted by Crippen LogP contribution is -2.27. The molecule has 3 N–H and O–H groups in total. The molecule has 0 saturated heterocycles. The summed E-state index contributed by atoms with van der Waals surface area (Å²) in [4.78, 5) is 91.2. The Hall–Kier alpha value is -9.79. The minimum absolute atomic E-state index is 0.0941. The number of rotatable bonds is 22. The third-order valence-corrected chi connectivity index (χ3v) is 12.7. The maximum atomic E-state index is 12.9. The summed E-state index contributed by atoms with van der Waals surface area (Å²) in [5, 5.41) is 60.7. The van der Waals surface area contributed by atoms with Gasteiger partial charge in [0.1, 0.15) is 57.3 Å². The Morgan fingerprint density at radius 3 is 1.29 bits per heavy atom. The van der Waals surface area contributed by atoms with Crippen LogP contribution >= 0.6 is 34.8 Å². The molecule has 35 heteroatoms. The number of benzene rings is 6. The van der Waals surface area contributed by atoms with Crippen molar-refractivity contribution in [1.82, 2.24) is 4.90 Å². The number of nitrogens with zero attached hydrogens (tertiary/aromatic N) is 4. The second-order valence-electron chi connectivity index (χ2n) is 19.3. The zero-order chi connectivity index (χ0) is 69.7. The van der Waals surface area contributed by atoms with Crippen LogP contribution in [0, 0.1) is 36.3 Å². The number of carboxylic acid groups (broad SMARTS) is 3. The molecule has 0 fully saturated rings. The van der Waals surface area contributed by atoms with Crippen LogP contribution in [0.4, 0.5) is 56.6 Å². The highest BCUT2D eigenvalue weighted by atomic mass is 35.5. The lowest BCUT2D eigenvalue weighted by atomic mass is 10.0. The third kappa shape index (κ3) is 21.2. The maximum absolute atomic E-state index is 12.9. The highest BCUT2D eigenvalue weighted by Gasteiger charge is 2.35. The second-order valence-corrected chi connectivity index (χ2v) is 20.6. The van der Waals surface area contributed by atoms with E-state index in [1.54, 1.807) is 25.9 Å². The normalized spacial score (nSPS) is 11.9. The van der Waals surface area contributed by atoms with E-state index in [1.165, 1.54) is 13.8 Å². The minimum atomic E-state index is -4.64.